The van der Waals surface area contributed by atoms with Crippen molar-refractivity contribution in [2.45, 2.75) is 68.3 Å². The highest BCUT2D eigenvalue weighted by Crippen LogP contribution is 2.38. The lowest BCUT2D eigenvalue weighted by Crippen LogP contribution is -2.65. The minimum atomic E-state index is -1.87. The van der Waals surface area contributed by atoms with Crippen molar-refractivity contribution in [2.24, 2.45) is 0 Å². The maximum Gasteiger partial charge on any atom is 0.368 e. The van der Waals surface area contributed by atoms with Crippen LogP contribution in [0.5, 0.6) is 23.0 Å². The molecule has 2 aliphatic rings. The second-order valence-electron chi connectivity index (χ2n) is 10.6. The third-order valence-electron chi connectivity index (χ3n) is 7.45. The number of aromatic hydroxyl groups is 3. The molecule has 45 heavy (non-hydrogen) atoms. The summed E-state index contributed by atoms with van der Waals surface area (Å²) in [6, 6.07) is 9.59. The van der Waals surface area contributed by atoms with E-state index in [9.17, 15) is 50.8 Å². The predicted octanol–water partition coefficient (Wildman–Crippen LogP) is -0.929. The van der Waals surface area contributed by atoms with Gasteiger partial charge in [-0.05, 0) is 18.2 Å². The summed E-state index contributed by atoms with van der Waals surface area (Å²) in [6.07, 6.45) is -16.5. The maximum atomic E-state index is 12.2. The van der Waals surface area contributed by atoms with Crippen LogP contribution < -0.4 is 4.74 Å². The molecule has 16 nitrogen and oxygen atoms in total. The van der Waals surface area contributed by atoms with Gasteiger partial charge in [-0.15, -0.1) is 0 Å². The third-order valence-corrected chi connectivity index (χ3v) is 7.45. The van der Waals surface area contributed by atoms with E-state index >= 15 is 0 Å². The van der Waals surface area contributed by atoms with Crippen LogP contribution in [0, 0.1) is 0 Å². The van der Waals surface area contributed by atoms with Crippen LogP contribution in [-0.2, 0) is 23.7 Å². The Balaban J connectivity index is 1.49. The largest absolute Gasteiger partial charge is 0.507 e. The number of benzene rings is 2. The van der Waals surface area contributed by atoms with Crippen molar-refractivity contribution in [1.29, 1.82) is 0 Å². The zero-order valence-corrected chi connectivity index (χ0v) is 23.6. The molecule has 16 heteroatoms. The van der Waals surface area contributed by atoms with Gasteiger partial charge in [-0.25, -0.2) is 4.42 Å². The Labute approximate surface area is 254 Å². The van der Waals surface area contributed by atoms with E-state index in [4.69, 9.17) is 28.1 Å². The zero-order valence-electron chi connectivity index (χ0n) is 23.6. The third kappa shape index (κ3) is 6.60. The summed E-state index contributed by atoms with van der Waals surface area (Å²) in [5, 5.41) is 91.6. The van der Waals surface area contributed by atoms with Gasteiger partial charge in [0.05, 0.1) is 24.8 Å². The number of aliphatic hydroxyl groups is 6. The van der Waals surface area contributed by atoms with E-state index in [2.05, 4.69) is 0 Å². The van der Waals surface area contributed by atoms with Crippen molar-refractivity contribution in [3.05, 3.63) is 42.5 Å². The van der Waals surface area contributed by atoms with Crippen molar-refractivity contribution in [3.8, 4) is 34.3 Å². The SMILES string of the molecule is CC(=O)O[C@H]1[C@H](Oc2cc(O)cc3[o+]c(-c4ccc(O)c(O)c4)ccc23)O[C@H](CO)[C@@H](O)[C@@H]1O[C@@H]1O[C@H](CO)[C@@H](O)[C@H](O)[C@@H]1O. The summed E-state index contributed by atoms with van der Waals surface area (Å²) < 4.78 is 34.2. The molecule has 5 rings (SSSR count). The predicted molar refractivity (Wildman–Crippen MR) is 148 cm³/mol. The van der Waals surface area contributed by atoms with Crippen LogP contribution in [0.15, 0.2) is 46.9 Å². The number of hydrogen-bond acceptors (Lipinski definition) is 15. The first-order valence-corrected chi connectivity index (χ1v) is 13.8. The molecule has 9 N–H and O–H groups in total. The molecule has 3 aromatic rings. The fourth-order valence-corrected chi connectivity index (χ4v) is 5.15. The van der Waals surface area contributed by atoms with Gasteiger partial charge in [0.25, 0.3) is 0 Å². The van der Waals surface area contributed by atoms with Gasteiger partial charge in [-0.1, -0.05) is 0 Å². The molecule has 1 aromatic heterocycles. The number of phenolic OH excluding ortho intramolecular Hbond substituents is 3. The van der Waals surface area contributed by atoms with Crippen molar-refractivity contribution in [2.75, 3.05) is 13.2 Å². The molecule has 0 radical (unpaired) electrons. The minimum absolute atomic E-state index is 0.0596. The maximum absolute atomic E-state index is 12.2. The number of carbonyl (C=O) groups excluding carboxylic acids is 1. The number of esters is 1. The standard InChI is InChI=1S/C29H32O16/c1-11(32)40-27-26(45-28-25(39)24(38)22(36)20(9-30)43-28)23(37)21(10-31)44-29(27)42-19-8-13(33)7-18-14(19)3-5-17(41-18)12-2-4-15(34)16(35)6-12/h2-8,20-31,36-39H,9-10H2,1H3,(H2-,33,34,35)/p+1/t20-,21-,22-,23-,24+,25+,26+,27-,28+,29-/m1/s1. The van der Waals surface area contributed by atoms with E-state index in [1.807, 2.05) is 0 Å². The number of fused-ring (bicyclic) bond motifs is 1. The molecule has 2 saturated heterocycles. The molecule has 2 fully saturated rings. The molecule has 0 bridgehead atoms. The van der Waals surface area contributed by atoms with Crippen molar-refractivity contribution >= 4 is 16.9 Å². The molecule has 0 aliphatic carbocycles. The van der Waals surface area contributed by atoms with Crippen LogP contribution in [-0.4, -0.2) is 127 Å². The summed E-state index contributed by atoms with van der Waals surface area (Å²) in [5.74, 6) is -1.71. The van der Waals surface area contributed by atoms with E-state index in [1.165, 1.54) is 36.4 Å². The first kappa shape index (κ1) is 32.6. The summed E-state index contributed by atoms with van der Waals surface area (Å²) in [7, 11) is 0. The van der Waals surface area contributed by atoms with E-state index in [0.717, 1.165) is 6.92 Å². The quantitative estimate of drug-likeness (QED) is 0.0821. The molecule has 0 spiro atoms. The van der Waals surface area contributed by atoms with Crippen molar-refractivity contribution < 1.29 is 78.9 Å². The van der Waals surface area contributed by atoms with Crippen LogP contribution in [0.4, 0.5) is 0 Å². The average molecular weight is 638 g/mol. The highest BCUT2D eigenvalue weighted by molar-refractivity contribution is 5.86. The second kappa shape index (κ2) is 13.3. The molecule has 2 aromatic carbocycles. The van der Waals surface area contributed by atoms with Gasteiger partial charge in [0.2, 0.25) is 6.29 Å². The normalized spacial score (nSPS) is 31.9. The van der Waals surface area contributed by atoms with E-state index in [0.29, 0.717) is 5.56 Å². The molecule has 0 amide bonds. The lowest BCUT2D eigenvalue weighted by Gasteiger charge is -2.46. The first-order chi connectivity index (χ1) is 21.4. The molecule has 3 heterocycles. The van der Waals surface area contributed by atoms with Gasteiger partial charge < -0.3 is 69.6 Å². The van der Waals surface area contributed by atoms with Gasteiger partial charge in [-0.2, -0.15) is 0 Å². The van der Waals surface area contributed by atoms with Gasteiger partial charge in [0.15, 0.2) is 23.9 Å². The van der Waals surface area contributed by atoms with Crippen molar-refractivity contribution in [3.63, 3.8) is 0 Å². The molecule has 2 aliphatic heterocycles. The van der Waals surface area contributed by atoms with Gasteiger partial charge in [0, 0.05) is 25.1 Å². The van der Waals surface area contributed by atoms with Crippen LogP contribution in [0.1, 0.15) is 6.92 Å². The van der Waals surface area contributed by atoms with E-state index < -0.39 is 80.6 Å². The van der Waals surface area contributed by atoms with E-state index in [-0.39, 0.29) is 39.7 Å². The lowest BCUT2D eigenvalue weighted by molar-refractivity contribution is -0.353. The second-order valence-corrected chi connectivity index (χ2v) is 10.6. The Hall–Kier alpha value is -3.84. The molecular formula is C29H33O16+. The summed E-state index contributed by atoms with van der Waals surface area (Å²) in [5.41, 5.74) is 0.499. The van der Waals surface area contributed by atoms with Gasteiger partial charge >= 0.3 is 17.3 Å². The highest BCUT2D eigenvalue weighted by Gasteiger charge is 2.53. The molecule has 244 valence electrons. The number of ether oxygens (including phenoxy) is 5. The highest BCUT2D eigenvalue weighted by atomic mass is 16.7. The Morgan fingerprint density at radius 2 is 1.49 bits per heavy atom. The van der Waals surface area contributed by atoms with Gasteiger partial charge in [0.1, 0.15) is 59.6 Å². The summed E-state index contributed by atoms with van der Waals surface area (Å²) in [4.78, 5) is 12.2. The van der Waals surface area contributed by atoms with Crippen molar-refractivity contribution in [1.82, 2.24) is 0 Å². The Kier molecular flexibility index (Phi) is 9.59. The van der Waals surface area contributed by atoms with Gasteiger partial charge in [-0.3, -0.25) is 4.79 Å². The Morgan fingerprint density at radius 1 is 0.800 bits per heavy atom. The minimum Gasteiger partial charge on any atom is -0.507 e. The fourth-order valence-electron chi connectivity index (χ4n) is 5.15. The number of rotatable bonds is 8. The molecule has 10 atom stereocenters. The summed E-state index contributed by atoms with van der Waals surface area (Å²) in [6.45, 7) is -0.482. The molecule has 0 saturated carbocycles. The lowest BCUT2D eigenvalue weighted by atomic mass is 9.96. The molecular weight excluding hydrogens is 604 g/mol. The number of hydrogen-bond donors (Lipinski definition) is 9. The van der Waals surface area contributed by atoms with E-state index in [1.54, 1.807) is 6.07 Å². The summed E-state index contributed by atoms with van der Waals surface area (Å²) >= 11 is 0. The smallest absolute Gasteiger partial charge is 0.368 e. The fraction of sp³-hybridized carbons (Fsp3) is 0.448. The Morgan fingerprint density at radius 3 is 2.16 bits per heavy atom. The average Bonchev–Trinajstić information content (AvgIpc) is 3.00. The molecule has 0 unspecified atom stereocenters. The zero-order chi connectivity index (χ0) is 32.6. The van der Waals surface area contributed by atoms with Crippen LogP contribution in [0.25, 0.3) is 22.3 Å². The number of carbonyl (C=O) groups is 1. The Bertz CT molecular complexity index is 1510. The van der Waals surface area contributed by atoms with Crippen LogP contribution >= 0.6 is 0 Å². The number of aliphatic hydroxyl groups excluding tert-OH is 6. The first-order valence-electron chi connectivity index (χ1n) is 13.8. The monoisotopic (exact) mass is 637 g/mol. The van der Waals surface area contributed by atoms with Crippen LogP contribution in [0.3, 0.4) is 0 Å². The van der Waals surface area contributed by atoms with Crippen LogP contribution in [0.2, 0.25) is 0 Å². The number of phenols is 3. The topological polar surface area (TPSA) is 257 Å².